The lowest BCUT2D eigenvalue weighted by molar-refractivity contribution is 0.102. The summed E-state index contributed by atoms with van der Waals surface area (Å²) < 4.78 is 28.3. The van der Waals surface area contributed by atoms with Gasteiger partial charge in [0.2, 0.25) is 0 Å². The molecule has 0 saturated carbocycles. The lowest BCUT2D eigenvalue weighted by Crippen LogP contribution is -2.14. The van der Waals surface area contributed by atoms with Gasteiger partial charge in [0.25, 0.3) is 5.91 Å². The van der Waals surface area contributed by atoms with Crippen LogP contribution in [-0.2, 0) is 0 Å². The van der Waals surface area contributed by atoms with Crippen LogP contribution in [0.1, 0.15) is 10.4 Å². The molecule has 0 saturated heterocycles. The average molecular weight is 299 g/mol. The zero-order chi connectivity index (χ0) is 15.5. The molecule has 22 heavy (non-hydrogen) atoms. The van der Waals surface area contributed by atoms with Gasteiger partial charge in [-0.2, -0.15) is 5.10 Å². The summed E-state index contributed by atoms with van der Waals surface area (Å²) in [7, 11) is 0. The van der Waals surface area contributed by atoms with Crippen LogP contribution in [0, 0.1) is 11.6 Å². The Kier molecular flexibility index (Phi) is 3.65. The predicted molar refractivity (Wildman–Crippen MR) is 77.9 cm³/mol. The van der Waals surface area contributed by atoms with Crippen molar-refractivity contribution < 1.29 is 13.6 Å². The highest BCUT2D eigenvalue weighted by Gasteiger charge is 2.15. The Hall–Kier alpha value is -3.02. The topological polar surface area (TPSA) is 46.9 Å². The van der Waals surface area contributed by atoms with Gasteiger partial charge < -0.3 is 5.32 Å². The van der Waals surface area contributed by atoms with Gasteiger partial charge in [-0.25, -0.2) is 13.5 Å². The molecule has 1 heterocycles. The molecule has 0 fully saturated rings. The van der Waals surface area contributed by atoms with Gasteiger partial charge in [-0.3, -0.25) is 4.79 Å². The van der Waals surface area contributed by atoms with Crippen LogP contribution in [0.5, 0.6) is 0 Å². The van der Waals surface area contributed by atoms with Crippen molar-refractivity contribution >= 4 is 11.6 Å². The molecule has 2 aromatic carbocycles. The van der Waals surface area contributed by atoms with Crippen molar-refractivity contribution in [2.45, 2.75) is 0 Å². The highest BCUT2D eigenvalue weighted by molar-refractivity contribution is 6.04. The number of benzene rings is 2. The van der Waals surface area contributed by atoms with Gasteiger partial charge in [-0.15, -0.1) is 0 Å². The van der Waals surface area contributed by atoms with Gasteiger partial charge >= 0.3 is 0 Å². The maximum Gasteiger partial charge on any atom is 0.258 e. The second kappa shape index (κ2) is 5.77. The second-order valence-electron chi connectivity index (χ2n) is 4.55. The van der Waals surface area contributed by atoms with E-state index in [4.69, 9.17) is 0 Å². The Morgan fingerprint density at radius 3 is 2.50 bits per heavy atom. The zero-order valence-electron chi connectivity index (χ0n) is 11.3. The molecule has 3 rings (SSSR count). The Balaban J connectivity index is 1.78. The summed E-state index contributed by atoms with van der Waals surface area (Å²) in [4.78, 5) is 12.0. The highest BCUT2D eigenvalue weighted by atomic mass is 19.2. The summed E-state index contributed by atoms with van der Waals surface area (Å²) in [5.41, 5.74) is 0.959. The first-order valence-corrected chi connectivity index (χ1v) is 6.50. The minimum atomic E-state index is -1.16. The molecular formula is C16H11F2N3O. The molecule has 0 radical (unpaired) electrons. The van der Waals surface area contributed by atoms with Gasteiger partial charge in [0.1, 0.15) is 0 Å². The van der Waals surface area contributed by atoms with Crippen LogP contribution in [0.15, 0.2) is 60.9 Å². The summed E-state index contributed by atoms with van der Waals surface area (Å²) in [5, 5.41) is 6.61. The van der Waals surface area contributed by atoms with Crippen molar-refractivity contribution in [1.82, 2.24) is 9.78 Å². The molecule has 110 valence electrons. The fraction of sp³-hybridized carbons (Fsp3) is 0. The van der Waals surface area contributed by atoms with Gasteiger partial charge in [-0.1, -0.05) is 6.07 Å². The highest BCUT2D eigenvalue weighted by Crippen LogP contribution is 2.16. The number of nitrogens with one attached hydrogen (secondary N) is 1. The number of anilines is 1. The second-order valence-corrected chi connectivity index (χ2v) is 4.55. The SMILES string of the molecule is O=C(Nc1ccc(-n2cccn2)cc1)c1cccc(F)c1F. The van der Waals surface area contributed by atoms with Gasteiger partial charge in [0.15, 0.2) is 11.6 Å². The van der Waals surface area contributed by atoms with E-state index in [-0.39, 0.29) is 5.56 Å². The summed E-state index contributed by atoms with van der Waals surface area (Å²) in [6, 6.07) is 12.1. The normalized spacial score (nSPS) is 10.5. The Morgan fingerprint density at radius 1 is 1.05 bits per heavy atom. The largest absolute Gasteiger partial charge is 0.322 e. The van der Waals surface area contributed by atoms with Crippen LogP contribution < -0.4 is 5.32 Å². The number of rotatable bonds is 3. The van der Waals surface area contributed by atoms with E-state index in [1.807, 2.05) is 0 Å². The van der Waals surface area contributed by atoms with Crippen molar-refractivity contribution in [3.8, 4) is 5.69 Å². The van der Waals surface area contributed by atoms with Crippen molar-refractivity contribution in [3.05, 3.63) is 78.1 Å². The Labute approximate surface area is 125 Å². The van der Waals surface area contributed by atoms with E-state index in [0.29, 0.717) is 5.69 Å². The van der Waals surface area contributed by atoms with Crippen molar-refractivity contribution in [1.29, 1.82) is 0 Å². The molecule has 0 aliphatic heterocycles. The monoisotopic (exact) mass is 299 g/mol. The summed E-state index contributed by atoms with van der Waals surface area (Å²) in [6.45, 7) is 0. The summed E-state index contributed by atoms with van der Waals surface area (Å²) >= 11 is 0. The van der Waals surface area contributed by atoms with E-state index >= 15 is 0 Å². The molecule has 0 bridgehead atoms. The number of carbonyl (C=O) groups excluding carboxylic acids is 1. The van der Waals surface area contributed by atoms with E-state index in [1.54, 1.807) is 47.4 Å². The minimum absolute atomic E-state index is 0.337. The molecule has 6 heteroatoms. The summed E-state index contributed by atoms with van der Waals surface area (Å²) in [6.07, 6.45) is 3.44. The lowest BCUT2D eigenvalue weighted by Gasteiger charge is -2.07. The lowest BCUT2D eigenvalue weighted by atomic mass is 10.2. The fourth-order valence-electron chi connectivity index (χ4n) is 2.00. The number of hydrogen-bond acceptors (Lipinski definition) is 2. The van der Waals surface area contributed by atoms with Gasteiger partial charge in [-0.05, 0) is 42.5 Å². The van der Waals surface area contributed by atoms with Crippen LogP contribution in [-0.4, -0.2) is 15.7 Å². The third kappa shape index (κ3) is 2.71. The van der Waals surface area contributed by atoms with E-state index in [2.05, 4.69) is 10.4 Å². The van der Waals surface area contributed by atoms with Crippen LogP contribution in [0.4, 0.5) is 14.5 Å². The van der Waals surface area contributed by atoms with Crippen molar-refractivity contribution in [2.75, 3.05) is 5.32 Å². The maximum atomic E-state index is 13.6. The molecular weight excluding hydrogens is 288 g/mol. The van der Waals surface area contributed by atoms with Gasteiger partial charge in [0.05, 0.1) is 11.3 Å². The molecule has 0 aliphatic rings. The first kappa shape index (κ1) is 13.9. The number of aromatic nitrogens is 2. The molecule has 1 N–H and O–H groups in total. The molecule has 0 spiro atoms. The zero-order valence-corrected chi connectivity index (χ0v) is 11.3. The number of amides is 1. The molecule has 1 aromatic heterocycles. The smallest absolute Gasteiger partial charge is 0.258 e. The summed E-state index contributed by atoms with van der Waals surface area (Å²) in [5.74, 6) is -2.92. The maximum absolute atomic E-state index is 13.6. The standard InChI is InChI=1S/C16H11F2N3O/c17-14-4-1-3-13(15(14)18)16(22)20-11-5-7-12(8-6-11)21-10-2-9-19-21/h1-10H,(H,20,22). The molecule has 0 atom stereocenters. The Bertz CT molecular complexity index is 799. The number of carbonyl (C=O) groups is 1. The average Bonchev–Trinajstić information content (AvgIpc) is 3.05. The van der Waals surface area contributed by atoms with Crippen LogP contribution in [0.2, 0.25) is 0 Å². The number of nitrogens with zero attached hydrogens (tertiary/aromatic N) is 2. The molecule has 0 aliphatic carbocycles. The van der Waals surface area contributed by atoms with E-state index < -0.39 is 17.5 Å². The van der Waals surface area contributed by atoms with Crippen LogP contribution in [0.3, 0.4) is 0 Å². The molecule has 3 aromatic rings. The van der Waals surface area contributed by atoms with Crippen LogP contribution in [0.25, 0.3) is 5.69 Å². The first-order chi connectivity index (χ1) is 10.6. The minimum Gasteiger partial charge on any atom is -0.322 e. The third-order valence-corrected chi connectivity index (χ3v) is 3.09. The predicted octanol–water partition coefficient (Wildman–Crippen LogP) is 3.40. The molecule has 0 unspecified atom stereocenters. The first-order valence-electron chi connectivity index (χ1n) is 6.50. The van der Waals surface area contributed by atoms with E-state index in [9.17, 15) is 13.6 Å². The molecule has 1 amide bonds. The molecule has 4 nitrogen and oxygen atoms in total. The van der Waals surface area contributed by atoms with Crippen molar-refractivity contribution in [3.63, 3.8) is 0 Å². The number of halogens is 2. The van der Waals surface area contributed by atoms with Crippen LogP contribution >= 0.6 is 0 Å². The quantitative estimate of drug-likeness (QED) is 0.805. The fourth-order valence-corrected chi connectivity index (χ4v) is 2.00. The number of hydrogen-bond donors (Lipinski definition) is 1. The van der Waals surface area contributed by atoms with Crippen molar-refractivity contribution in [2.24, 2.45) is 0 Å². The Morgan fingerprint density at radius 2 is 1.82 bits per heavy atom. The third-order valence-electron chi connectivity index (χ3n) is 3.09. The van der Waals surface area contributed by atoms with E-state index in [1.165, 1.54) is 12.1 Å². The van der Waals surface area contributed by atoms with E-state index in [0.717, 1.165) is 11.8 Å². The van der Waals surface area contributed by atoms with Gasteiger partial charge in [0, 0.05) is 18.1 Å².